The van der Waals surface area contributed by atoms with Gasteiger partial charge in [0, 0.05) is 36.5 Å². The van der Waals surface area contributed by atoms with Gasteiger partial charge in [0.2, 0.25) is 0 Å². The van der Waals surface area contributed by atoms with Crippen LogP contribution >= 0.6 is 11.8 Å². The van der Waals surface area contributed by atoms with E-state index in [1.165, 1.54) is 4.90 Å². The zero-order chi connectivity index (χ0) is 16.4. The highest BCUT2D eigenvalue weighted by Gasteiger charge is 2.54. The maximum atomic E-state index is 12.7. The van der Waals surface area contributed by atoms with Crippen LogP contribution in [-0.4, -0.2) is 47.2 Å². The number of piperidine rings is 1. The van der Waals surface area contributed by atoms with E-state index in [9.17, 15) is 23.1 Å². The van der Waals surface area contributed by atoms with E-state index < -0.39 is 30.7 Å². The molecule has 1 heterocycles. The van der Waals surface area contributed by atoms with E-state index in [1.807, 2.05) is 18.4 Å². The summed E-state index contributed by atoms with van der Waals surface area (Å²) in [6, 6.07) is 6.71. The van der Waals surface area contributed by atoms with E-state index in [-0.39, 0.29) is 13.1 Å². The lowest BCUT2D eigenvalue weighted by Gasteiger charge is -2.38. The molecule has 2 N–H and O–H groups in total. The molecule has 1 aliphatic rings. The summed E-state index contributed by atoms with van der Waals surface area (Å²) in [5.41, 5.74) is -2.11. The third kappa shape index (κ3) is 3.67. The fourth-order valence-corrected chi connectivity index (χ4v) is 2.65. The second-order valence-electron chi connectivity index (χ2n) is 5.18. The molecule has 0 bridgehead atoms. The molecule has 4 nitrogen and oxygen atoms in total. The van der Waals surface area contributed by atoms with Gasteiger partial charge in [0.1, 0.15) is 0 Å². The van der Waals surface area contributed by atoms with Crippen LogP contribution in [-0.2, 0) is 0 Å². The second-order valence-corrected chi connectivity index (χ2v) is 6.05. The highest BCUT2D eigenvalue weighted by Crippen LogP contribution is 2.38. The Morgan fingerprint density at radius 3 is 2.27 bits per heavy atom. The van der Waals surface area contributed by atoms with Crippen LogP contribution in [0.4, 0.5) is 23.7 Å². The Kier molecular flexibility index (Phi) is 4.91. The number of nitrogens with zero attached hydrogens (tertiary/aromatic N) is 1. The third-order valence-corrected chi connectivity index (χ3v) is 4.49. The monoisotopic (exact) mass is 334 g/mol. The summed E-state index contributed by atoms with van der Waals surface area (Å²) in [4.78, 5) is 14.4. The lowest BCUT2D eigenvalue weighted by atomic mass is 9.91. The Balaban J connectivity index is 1.92. The number of hydrogen-bond donors (Lipinski definition) is 2. The van der Waals surface area contributed by atoms with Gasteiger partial charge in [0.05, 0.1) is 0 Å². The molecule has 1 aliphatic heterocycles. The number of likely N-dealkylation sites (tertiary alicyclic amines) is 1. The Morgan fingerprint density at radius 2 is 1.82 bits per heavy atom. The Morgan fingerprint density at radius 1 is 1.27 bits per heavy atom. The SMILES string of the molecule is CSc1ccc(NC(=O)N2CCC(O)(C(F)(F)F)CC2)cc1. The highest BCUT2D eigenvalue weighted by molar-refractivity contribution is 7.98. The maximum Gasteiger partial charge on any atom is 0.417 e. The highest BCUT2D eigenvalue weighted by atomic mass is 32.2. The molecule has 1 saturated heterocycles. The maximum absolute atomic E-state index is 12.7. The van der Waals surface area contributed by atoms with Crippen LogP contribution in [0.3, 0.4) is 0 Å². The van der Waals surface area contributed by atoms with E-state index in [0.29, 0.717) is 5.69 Å². The average molecular weight is 334 g/mol. The summed E-state index contributed by atoms with van der Waals surface area (Å²) in [7, 11) is 0. The van der Waals surface area contributed by atoms with Crippen molar-refractivity contribution in [3.8, 4) is 0 Å². The van der Waals surface area contributed by atoms with E-state index >= 15 is 0 Å². The van der Waals surface area contributed by atoms with Gasteiger partial charge in [-0.25, -0.2) is 4.79 Å². The number of amides is 2. The topological polar surface area (TPSA) is 52.6 Å². The van der Waals surface area contributed by atoms with E-state index in [4.69, 9.17) is 0 Å². The fourth-order valence-electron chi connectivity index (χ4n) is 2.24. The fraction of sp³-hybridized carbons (Fsp3) is 0.500. The number of carbonyl (C=O) groups excluding carboxylic acids is 1. The first-order valence-electron chi connectivity index (χ1n) is 6.74. The van der Waals surface area contributed by atoms with Crippen LogP contribution in [0.5, 0.6) is 0 Å². The van der Waals surface area contributed by atoms with Crippen LogP contribution in [0.15, 0.2) is 29.2 Å². The molecule has 22 heavy (non-hydrogen) atoms. The van der Waals surface area contributed by atoms with Gasteiger partial charge in [0.25, 0.3) is 0 Å². The first-order valence-corrected chi connectivity index (χ1v) is 7.97. The molecule has 2 rings (SSSR count). The molecule has 1 aromatic rings. The van der Waals surface area contributed by atoms with Crippen LogP contribution in [0, 0.1) is 0 Å². The van der Waals surface area contributed by atoms with Crippen molar-refractivity contribution in [2.45, 2.75) is 29.5 Å². The zero-order valence-corrected chi connectivity index (χ0v) is 12.8. The molecular formula is C14H17F3N2O2S. The lowest BCUT2D eigenvalue weighted by Crippen LogP contribution is -2.55. The molecule has 0 spiro atoms. The first-order chi connectivity index (χ1) is 10.2. The number of nitrogens with one attached hydrogen (secondary N) is 1. The second kappa shape index (κ2) is 6.37. The van der Waals surface area contributed by atoms with Crippen molar-refractivity contribution >= 4 is 23.5 Å². The number of benzene rings is 1. The molecule has 0 saturated carbocycles. The Labute approximate surface area is 130 Å². The molecule has 0 atom stereocenters. The summed E-state index contributed by atoms with van der Waals surface area (Å²) in [6.07, 6.45) is -3.74. The number of urea groups is 1. The minimum atomic E-state index is -4.66. The van der Waals surface area contributed by atoms with Crippen LogP contribution < -0.4 is 5.32 Å². The van der Waals surface area contributed by atoms with E-state index in [2.05, 4.69) is 5.32 Å². The summed E-state index contributed by atoms with van der Waals surface area (Å²) in [5.74, 6) is 0. The number of halogens is 3. The molecule has 0 unspecified atom stereocenters. The quantitative estimate of drug-likeness (QED) is 0.816. The summed E-state index contributed by atoms with van der Waals surface area (Å²) in [5, 5.41) is 12.2. The van der Waals surface area contributed by atoms with Gasteiger partial charge in [-0.3, -0.25) is 0 Å². The summed E-state index contributed by atoms with van der Waals surface area (Å²) in [6.45, 7) is -0.268. The third-order valence-electron chi connectivity index (χ3n) is 3.75. The van der Waals surface area contributed by atoms with Crippen molar-refractivity contribution in [2.24, 2.45) is 0 Å². The van der Waals surface area contributed by atoms with Gasteiger partial charge in [0.15, 0.2) is 5.60 Å². The number of aliphatic hydroxyl groups is 1. The number of thioether (sulfide) groups is 1. The van der Waals surface area contributed by atoms with Gasteiger partial charge in [-0.15, -0.1) is 11.8 Å². The molecule has 0 aromatic heterocycles. The first kappa shape index (κ1) is 17.0. The van der Waals surface area contributed by atoms with Crippen molar-refractivity contribution in [1.82, 2.24) is 4.90 Å². The van der Waals surface area contributed by atoms with Gasteiger partial charge in [-0.05, 0) is 30.5 Å². The molecule has 0 aliphatic carbocycles. The largest absolute Gasteiger partial charge is 0.417 e. The van der Waals surface area contributed by atoms with E-state index in [0.717, 1.165) is 4.90 Å². The summed E-state index contributed by atoms with van der Waals surface area (Å²) >= 11 is 1.57. The lowest BCUT2D eigenvalue weighted by molar-refractivity contribution is -0.271. The van der Waals surface area contributed by atoms with Crippen molar-refractivity contribution in [3.05, 3.63) is 24.3 Å². The Hall–Kier alpha value is -1.41. The molecule has 0 radical (unpaired) electrons. The normalized spacial score (nSPS) is 18.1. The molecule has 1 fully saturated rings. The number of carbonyl (C=O) groups is 1. The smallest absolute Gasteiger partial charge is 0.380 e. The van der Waals surface area contributed by atoms with Gasteiger partial charge >= 0.3 is 12.2 Å². The number of rotatable bonds is 2. The van der Waals surface area contributed by atoms with Crippen molar-refractivity contribution in [3.63, 3.8) is 0 Å². The molecule has 8 heteroatoms. The standard InChI is InChI=1S/C14H17F3N2O2S/c1-22-11-4-2-10(3-5-11)18-12(20)19-8-6-13(21,7-9-19)14(15,16)17/h2-5,21H,6-9H2,1H3,(H,18,20). The minimum Gasteiger partial charge on any atom is -0.380 e. The minimum absolute atomic E-state index is 0.134. The average Bonchev–Trinajstić information content (AvgIpc) is 2.47. The van der Waals surface area contributed by atoms with Crippen molar-refractivity contribution in [1.29, 1.82) is 0 Å². The van der Waals surface area contributed by atoms with Gasteiger partial charge in [-0.1, -0.05) is 0 Å². The van der Waals surface area contributed by atoms with Crippen LogP contribution in [0.2, 0.25) is 0 Å². The molecule has 2 amide bonds. The molecule has 1 aromatic carbocycles. The molecular weight excluding hydrogens is 317 g/mol. The van der Waals surface area contributed by atoms with Crippen LogP contribution in [0.1, 0.15) is 12.8 Å². The van der Waals surface area contributed by atoms with Gasteiger partial charge in [-0.2, -0.15) is 13.2 Å². The van der Waals surface area contributed by atoms with Crippen molar-refractivity contribution < 1.29 is 23.1 Å². The van der Waals surface area contributed by atoms with Crippen LogP contribution in [0.25, 0.3) is 0 Å². The van der Waals surface area contributed by atoms with Gasteiger partial charge < -0.3 is 15.3 Å². The predicted octanol–water partition coefficient (Wildman–Crippen LogP) is 3.33. The Bertz CT molecular complexity index is 526. The van der Waals surface area contributed by atoms with Crippen molar-refractivity contribution in [2.75, 3.05) is 24.7 Å². The van der Waals surface area contributed by atoms with E-state index in [1.54, 1.807) is 23.9 Å². The number of anilines is 1. The molecule has 122 valence electrons. The predicted molar refractivity (Wildman–Crippen MR) is 79.1 cm³/mol. The number of alkyl halides is 3. The number of hydrogen-bond acceptors (Lipinski definition) is 3. The zero-order valence-electron chi connectivity index (χ0n) is 12.0. The summed E-state index contributed by atoms with van der Waals surface area (Å²) < 4.78 is 38.1.